The highest BCUT2D eigenvalue weighted by molar-refractivity contribution is 14.0. The number of hydrogen-bond donors (Lipinski definition) is 1. The van der Waals surface area contributed by atoms with Crippen LogP contribution in [-0.4, -0.2) is 71.9 Å². The van der Waals surface area contributed by atoms with Gasteiger partial charge in [0.1, 0.15) is 5.75 Å². The van der Waals surface area contributed by atoms with Crippen LogP contribution in [0.3, 0.4) is 0 Å². The molecule has 0 radical (unpaired) electrons. The molecular formula is C20H35IN4O2S. The Labute approximate surface area is 189 Å². The van der Waals surface area contributed by atoms with E-state index in [0.29, 0.717) is 12.3 Å². The summed E-state index contributed by atoms with van der Waals surface area (Å²) in [5.41, 5.74) is 1.19. The maximum absolute atomic E-state index is 12.2. The summed E-state index contributed by atoms with van der Waals surface area (Å²) >= 11 is 0. The van der Waals surface area contributed by atoms with E-state index in [2.05, 4.69) is 34.2 Å². The summed E-state index contributed by atoms with van der Waals surface area (Å²) in [5.74, 6) is 2.41. The van der Waals surface area contributed by atoms with Crippen LogP contribution in [0.2, 0.25) is 0 Å². The number of piperazine rings is 1. The lowest BCUT2D eigenvalue weighted by Gasteiger charge is -2.37. The third-order valence-corrected chi connectivity index (χ3v) is 6.47. The van der Waals surface area contributed by atoms with Crippen LogP contribution in [0.15, 0.2) is 29.3 Å². The molecule has 1 heterocycles. The van der Waals surface area contributed by atoms with E-state index in [0.717, 1.165) is 44.4 Å². The number of hydrogen-bond acceptors (Lipinski definition) is 4. The minimum atomic E-state index is -0.870. The molecule has 1 unspecified atom stereocenters. The second-order valence-corrected chi connectivity index (χ2v) is 9.90. The predicted octanol–water partition coefficient (Wildman–Crippen LogP) is 2.95. The van der Waals surface area contributed by atoms with Crippen LogP contribution in [-0.2, 0) is 10.8 Å². The fraction of sp³-hybridized carbons (Fsp3) is 0.650. The number of rotatable bonds is 6. The van der Waals surface area contributed by atoms with Gasteiger partial charge in [-0.3, -0.25) is 9.20 Å². The first kappa shape index (κ1) is 25.0. The maximum Gasteiger partial charge on any atom is 0.194 e. The van der Waals surface area contributed by atoms with Crippen molar-refractivity contribution < 1.29 is 8.95 Å². The number of anilines is 1. The van der Waals surface area contributed by atoms with Gasteiger partial charge in [-0.25, -0.2) is 0 Å². The van der Waals surface area contributed by atoms with E-state index in [-0.39, 0.29) is 28.7 Å². The van der Waals surface area contributed by atoms with E-state index in [1.165, 1.54) is 5.69 Å². The molecule has 1 atom stereocenters. The van der Waals surface area contributed by atoms with Crippen LogP contribution in [0.25, 0.3) is 0 Å². The molecule has 1 aromatic carbocycles. The second kappa shape index (κ2) is 11.8. The number of ether oxygens (including phenoxy) is 1. The van der Waals surface area contributed by atoms with Crippen molar-refractivity contribution in [1.29, 1.82) is 0 Å². The smallest absolute Gasteiger partial charge is 0.194 e. The number of aliphatic imine (C=N–C) groups is 1. The summed E-state index contributed by atoms with van der Waals surface area (Å²) in [7, 11) is 0.827. The van der Waals surface area contributed by atoms with Crippen LogP contribution in [0.4, 0.5) is 5.69 Å². The molecule has 0 amide bonds. The normalized spacial score (nSPS) is 16.4. The van der Waals surface area contributed by atoms with Crippen LogP contribution in [0, 0.1) is 0 Å². The van der Waals surface area contributed by atoms with Crippen LogP contribution >= 0.6 is 24.0 Å². The van der Waals surface area contributed by atoms with Crippen LogP contribution in [0.1, 0.15) is 27.7 Å². The van der Waals surface area contributed by atoms with Crippen molar-refractivity contribution >= 4 is 46.4 Å². The Morgan fingerprint density at radius 1 is 1.25 bits per heavy atom. The summed E-state index contributed by atoms with van der Waals surface area (Å²) < 4.78 is 17.4. The number of benzene rings is 1. The van der Waals surface area contributed by atoms with Gasteiger partial charge >= 0.3 is 0 Å². The topological polar surface area (TPSA) is 57.2 Å². The predicted molar refractivity (Wildman–Crippen MR) is 131 cm³/mol. The highest BCUT2D eigenvalue weighted by Crippen LogP contribution is 2.22. The van der Waals surface area contributed by atoms with Gasteiger partial charge in [0.2, 0.25) is 0 Å². The highest BCUT2D eigenvalue weighted by Gasteiger charge is 2.21. The Morgan fingerprint density at radius 3 is 2.50 bits per heavy atom. The molecule has 1 aliphatic heterocycles. The van der Waals surface area contributed by atoms with Gasteiger partial charge in [0.15, 0.2) is 5.96 Å². The van der Waals surface area contributed by atoms with Crippen molar-refractivity contribution in [2.45, 2.75) is 32.4 Å². The molecule has 1 fully saturated rings. The summed E-state index contributed by atoms with van der Waals surface area (Å²) in [6, 6.07) is 8.20. The van der Waals surface area contributed by atoms with E-state index in [4.69, 9.17) is 9.73 Å². The Bertz CT molecular complexity index is 656. The van der Waals surface area contributed by atoms with Crippen LogP contribution in [0.5, 0.6) is 5.75 Å². The van der Waals surface area contributed by atoms with Crippen molar-refractivity contribution in [3.8, 4) is 5.75 Å². The largest absolute Gasteiger partial charge is 0.497 e. The number of halogens is 1. The van der Waals surface area contributed by atoms with Gasteiger partial charge < -0.3 is 19.9 Å². The highest BCUT2D eigenvalue weighted by atomic mass is 127. The average molecular weight is 522 g/mol. The first-order valence-corrected chi connectivity index (χ1v) is 11.0. The lowest BCUT2D eigenvalue weighted by molar-refractivity contribution is 0.372. The summed E-state index contributed by atoms with van der Waals surface area (Å²) in [6.07, 6.45) is 0. The van der Waals surface area contributed by atoms with E-state index >= 15 is 0 Å². The van der Waals surface area contributed by atoms with Crippen LogP contribution < -0.4 is 15.0 Å². The molecule has 0 aromatic heterocycles. The number of nitrogens with one attached hydrogen (secondary N) is 1. The molecule has 28 heavy (non-hydrogen) atoms. The van der Waals surface area contributed by atoms with Gasteiger partial charge in [-0.2, -0.15) is 0 Å². The zero-order valence-corrected chi connectivity index (χ0v) is 20.9. The van der Waals surface area contributed by atoms with Gasteiger partial charge in [-0.1, -0.05) is 6.07 Å². The minimum absolute atomic E-state index is 0. The molecule has 0 saturated carbocycles. The standard InChI is InChI=1S/C20H34N4O2S.HI/c1-6-21-19(22-10-15-27(25)20(2,3)4)24-13-11-23(12-14-24)17-8-7-9-18(16-17)26-5;/h7-9,16H,6,10-15H2,1-5H3,(H,21,22);1H. The van der Waals surface area contributed by atoms with E-state index in [1.54, 1.807) is 7.11 Å². The molecule has 6 nitrogen and oxygen atoms in total. The molecule has 1 aliphatic rings. The van der Waals surface area contributed by atoms with E-state index in [9.17, 15) is 4.21 Å². The summed E-state index contributed by atoms with van der Waals surface area (Å²) in [5, 5.41) is 3.38. The fourth-order valence-corrected chi connectivity index (χ4v) is 3.82. The first-order valence-electron chi connectivity index (χ1n) is 9.66. The number of methoxy groups -OCH3 is 1. The maximum atomic E-state index is 12.2. The Morgan fingerprint density at radius 2 is 1.93 bits per heavy atom. The average Bonchev–Trinajstić information content (AvgIpc) is 2.66. The third kappa shape index (κ3) is 7.42. The quantitative estimate of drug-likeness (QED) is 0.354. The first-order chi connectivity index (χ1) is 12.8. The molecule has 1 N–H and O–H groups in total. The molecule has 8 heteroatoms. The zero-order chi connectivity index (χ0) is 19.9. The van der Waals surface area contributed by atoms with Gasteiger partial charge in [-0.05, 0) is 39.8 Å². The van der Waals surface area contributed by atoms with Crippen molar-refractivity contribution in [3.05, 3.63) is 24.3 Å². The molecule has 1 saturated heterocycles. The number of guanidine groups is 1. The molecule has 2 rings (SSSR count). The Hall–Kier alpha value is -1.03. The molecule has 0 spiro atoms. The second-order valence-electron chi connectivity index (χ2n) is 7.57. The lowest BCUT2D eigenvalue weighted by atomic mass is 10.2. The third-order valence-electron chi connectivity index (χ3n) is 4.55. The summed E-state index contributed by atoms with van der Waals surface area (Å²) in [4.78, 5) is 9.38. The number of nitrogens with zero attached hydrogens (tertiary/aromatic N) is 3. The lowest BCUT2D eigenvalue weighted by Crippen LogP contribution is -2.52. The van der Waals surface area contributed by atoms with E-state index in [1.807, 2.05) is 32.9 Å². The SMILES string of the molecule is CCNC(=NCCS(=O)C(C)(C)C)N1CCN(c2cccc(OC)c2)CC1.I. The van der Waals surface area contributed by atoms with Crippen molar-refractivity contribution in [1.82, 2.24) is 10.2 Å². The molecule has 0 bridgehead atoms. The Balaban J connectivity index is 0.00000392. The molecular weight excluding hydrogens is 487 g/mol. The van der Waals surface area contributed by atoms with Gasteiger partial charge in [0.25, 0.3) is 0 Å². The zero-order valence-electron chi connectivity index (χ0n) is 17.7. The molecule has 0 aliphatic carbocycles. The van der Waals surface area contributed by atoms with Gasteiger partial charge in [0.05, 0.1) is 13.7 Å². The van der Waals surface area contributed by atoms with Crippen molar-refractivity contribution in [2.24, 2.45) is 4.99 Å². The van der Waals surface area contributed by atoms with Crippen molar-refractivity contribution in [2.75, 3.05) is 57.0 Å². The monoisotopic (exact) mass is 522 g/mol. The van der Waals surface area contributed by atoms with Gasteiger partial charge in [0, 0.05) is 65.8 Å². The molecule has 1 aromatic rings. The van der Waals surface area contributed by atoms with Gasteiger partial charge in [-0.15, -0.1) is 24.0 Å². The van der Waals surface area contributed by atoms with E-state index < -0.39 is 10.8 Å². The Kier molecular flexibility index (Phi) is 10.6. The minimum Gasteiger partial charge on any atom is -0.497 e. The fourth-order valence-electron chi connectivity index (χ4n) is 2.95. The molecule has 160 valence electrons. The van der Waals surface area contributed by atoms with Crippen molar-refractivity contribution in [3.63, 3.8) is 0 Å². The summed E-state index contributed by atoms with van der Waals surface area (Å²) in [6.45, 7) is 13.2.